The van der Waals surface area contributed by atoms with Crippen LogP contribution in [0.15, 0.2) is 23.8 Å². The zero-order chi connectivity index (χ0) is 6.85. The summed E-state index contributed by atoms with van der Waals surface area (Å²) >= 11 is 4.39. The largest absolute Gasteiger partial charge is 0.171 e. The Kier molecular flexibility index (Phi) is 2.01. The van der Waals surface area contributed by atoms with E-state index in [1.165, 1.54) is 11.1 Å². The first-order valence-electron chi connectivity index (χ1n) is 3.24. The molecule has 9 heavy (non-hydrogen) atoms. The van der Waals surface area contributed by atoms with Crippen LogP contribution in [0.25, 0.3) is 0 Å². The van der Waals surface area contributed by atoms with Crippen molar-refractivity contribution < 1.29 is 0 Å². The van der Waals surface area contributed by atoms with E-state index < -0.39 is 0 Å². The molecule has 0 aliphatic heterocycles. The Hall–Kier alpha value is -0.170. The molecule has 1 aliphatic rings. The molecule has 0 aromatic rings. The Morgan fingerprint density at radius 2 is 2.44 bits per heavy atom. The lowest BCUT2D eigenvalue weighted by atomic mass is 9.97. The van der Waals surface area contributed by atoms with Gasteiger partial charge in [0, 0.05) is 5.25 Å². The van der Waals surface area contributed by atoms with Crippen molar-refractivity contribution in [2.24, 2.45) is 0 Å². The van der Waals surface area contributed by atoms with Gasteiger partial charge < -0.3 is 0 Å². The molecule has 1 unspecified atom stereocenters. The molecule has 0 fully saturated rings. The molecule has 1 heteroatoms. The van der Waals surface area contributed by atoms with Crippen LogP contribution in [0.4, 0.5) is 0 Å². The van der Waals surface area contributed by atoms with Crippen LogP contribution in [0.1, 0.15) is 19.8 Å². The molecular formula is C8H12S. The number of thiol groups is 1. The maximum absolute atomic E-state index is 4.39. The molecule has 1 atom stereocenters. The fourth-order valence-electron chi connectivity index (χ4n) is 1.04. The zero-order valence-corrected chi connectivity index (χ0v) is 6.62. The van der Waals surface area contributed by atoms with E-state index in [2.05, 4.69) is 32.2 Å². The maximum Gasteiger partial charge on any atom is 0.0229 e. The maximum atomic E-state index is 4.39. The summed E-state index contributed by atoms with van der Waals surface area (Å²) in [5.74, 6) is 0. The van der Waals surface area contributed by atoms with Crippen molar-refractivity contribution in [3.05, 3.63) is 23.8 Å². The minimum Gasteiger partial charge on any atom is -0.171 e. The van der Waals surface area contributed by atoms with Crippen molar-refractivity contribution in [2.45, 2.75) is 25.0 Å². The van der Waals surface area contributed by atoms with Gasteiger partial charge in [-0.3, -0.25) is 0 Å². The van der Waals surface area contributed by atoms with Gasteiger partial charge in [0.1, 0.15) is 0 Å². The first-order valence-corrected chi connectivity index (χ1v) is 3.76. The third-order valence-corrected chi connectivity index (χ3v) is 2.36. The van der Waals surface area contributed by atoms with Crippen LogP contribution in [0, 0.1) is 0 Å². The van der Waals surface area contributed by atoms with E-state index in [0.29, 0.717) is 5.25 Å². The van der Waals surface area contributed by atoms with E-state index in [1.54, 1.807) is 0 Å². The Morgan fingerprint density at radius 1 is 1.78 bits per heavy atom. The molecule has 0 saturated heterocycles. The summed E-state index contributed by atoms with van der Waals surface area (Å²) < 4.78 is 0. The molecule has 0 N–H and O–H groups in total. The van der Waals surface area contributed by atoms with Gasteiger partial charge >= 0.3 is 0 Å². The Balaban J connectivity index is 2.72. The molecule has 0 heterocycles. The number of rotatable bonds is 0. The van der Waals surface area contributed by atoms with Gasteiger partial charge in [-0.05, 0) is 19.8 Å². The fraction of sp³-hybridized carbons (Fsp3) is 0.500. The molecule has 1 rings (SSSR count). The minimum atomic E-state index is 0.482. The van der Waals surface area contributed by atoms with Gasteiger partial charge in [-0.2, -0.15) is 12.6 Å². The van der Waals surface area contributed by atoms with Gasteiger partial charge in [-0.1, -0.05) is 23.8 Å². The topological polar surface area (TPSA) is 0 Å². The van der Waals surface area contributed by atoms with E-state index in [1.807, 2.05) is 0 Å². The summed E-state index contributed by atoms with van der Waals surface area (Å²) in [5.41, 5.74) is 2.60. The van der Waals surface area contributed by atoms with Crippen molar-refractivity contribution in [3.8, 4) is 0 Å². The van der Waals surface area contributed by atoms with Crippen LogP contribution in [-0.4, -0.2) is 5.25 Å². The monoisotopic (exact) mass is 140 g/mol. The average molecular weight is 140 g/mol. The lowest BCUT2D eigenvalue weighted by Crippen LogP contribution is -2.05. The van der Waals surface area contributed by atoms with Gasteiger partial charge in [-0.15, -0.1) is 0 Å². The highest BCUT2D eigenvalue weighted by Gasteiger charge is 2.10. The second kappa shape index (κ2) is 2.61. The van der Waals surface area contributed by atoms with Gasteiger partial charge in [0.2, 0.25) is 0 Å². The predicted molar refractivity (Wildman–Crippen MR) is 44.9 cm³/mol. The lowest BCUT2D eigenvalue weighted by molar-refractivity contribution is 0.805. The number of allylic oxidation sites excluding steroid dienone is 2. The highest BCUT2D eigenvalue weighted by molar-refractivity contribution is 7.81. The van der Waals surface area contributed by atoms with E-state index in [4.69, 9.17) is 0 Å². The predicted octanol–water partition coefficient (Wildman–Crippen LogP) is 2.58. The summed E-state index contributed by atoms with van der Waals surface area (Å²) in [7, 11) is 0. The summed E-state index contributed by atoms with van der Waals surface area (Å²) in [6.45, 7) is 6.00. The number of hydrogen-bond acceptors (Lipinski definition) is 1. The third-order valence-electron chi connectivity index (χ3n) is 1.70. The average Bonchev–Trinajstić information content (AvgIpc) is 1.80. The molecule has 0 radical (unpaired) electrons. The first kappa shape index (κ1) is 6.94. The minimum absolute atomic E-state index is 0.482. The zero-order valence-electron chi connectivity index (χ0n) is 5.72. The van der Waals surface area contributed by atoms with Gasteiger partial charge in [0.15, 0.2) is 0 Å². The van der Waals surface area contributed by atoms with Gasteiger partial charge in [0.05, 0.1) is 0 Å². The molecule has 0 amide bonds. The summed E-state index contributed by atoms with van der Waals surface area (Å²) in [6, 6.07) is 0. The van der Waals surface area contributed by atoms with Crippen molar-refractivity contribution in [1.82, 2.24) is 0 Å². The van der Waals surface area contributed by atoms with E-state index in [0.717, 1.165) is 12.8 Å². The van der Waals surface area contributed by atoms with Gasteiger partial charge in [0.25, 0.3) is 0 Å². The molecule has 0 saturated carbocycles. The highest BCUT2D eigenvalue weighted by Crippen LogP contribution is 2.24. The SMILES string of the molecule is C=C1C=C(C)C(S)CC1. The van der Waals surface area contributed by atoms with Crippen molar-refractivity contribution in [3.63, 3.8) is 0 Å². The molecule has 0 aromatic carbocycles. The molecule has 0 nitrogen and oxygen atoms in total. The van der Waals surface area contributed by atoms with Crippen LogP contribution in [0.3, 0.4) is 0 Å². The summed E-state index contributed by atoms with van der Waals surface area (Å²) in [5, 5.41) is 0.482. The second-order valence-electron chi connectivity index (χ2n) is 2.60. The summed E-state index contributed by atoms with van der Waals surface area (Å²) in [6.07, 6.45) is 4.41. The molecule has 0 aromatic heterocycles. The van der Waals surface area contributed by atoms with E-state index >= 15 is 0 Å². The van der Waals surface area contributed by atoms with Gasteiger partial charge in [-0.25, -0.2) is 0 Å². The Bertz CT molecular complexity index is 156. The van der Waals surface area contributed by atoms with Crippen molar-refractivity contribution in [2.75, 3.05) is 0 Å². The molecule has 0 bridgehead atoms. The van der Waals surface area contributed by atoms with Crippen LogP contribution in [0.2, 0.25) is 0 Å². The fourth-order valence-corrected chi connectivity index (χ4v) is 1.24. The van der Waals surface area contributed by atoms with Crippen LogP contribution < -0.4 is 0 Å². The number of hydrogen-bond donors (Lipinski definition) is 1. The Morgan fingerprint density at radius 3 is 2.89 bits per heavy atom. The van der Waals surface area contributed by atoms with Crippen LogP contribution >= 0.6 is 12.6 Å². The molecule has 0 spiro atoms. The Labute approximate surface area is 62.1 Å². The lowest BCUT2D eigenvalue weighted by Gasteiger charge is -2.17. The molecular weight excluding hydrogens is 128 g/mol. The third kappa shape index (κ3) is 1.62. The molecule has 50 valence electrons. The summed E-state index contributed by atoms with van der Waals surface area (Å²) in [4.78, 5) is 0. The molecule has 1 aliphatic carbocycles. The van der Waals surface area contributed by atoms with E-state index in [-0.39, 0.29) is 0 Å². The van der Waals surface area contributed by atoms with Crippen molar-refractivity contribution >= 4 is 12.6 Å². The van der Waals surface area contributed by atoms with Crippen molar-refractivity contribution in [1.29, 1.82) is 0 Å². The highest BCUT2D eigenvalue weighted by atomic mass is 32.1. The normalized spacial score (nSPS) is 28.0. The van der Waals surface area contributed by atoms with Crippen LogP contribution in [-0.2, 0) is 0 Å². The smallest absolute Gasteiger partial charge is 0.0229 e. The van der Waals surface area contributed by atoms with E-state index in [9.17, 15) is 0 Å². The van der Waals surface area contributed by atoms with Crippen LogP contribution in [0.5, 0.6) is 0 Å². The quantitative estimate of drug-likeness (QED) is 0.491. The second-order valence-corrected chi connectivity index (χ2v) is 3.22. The standard InChI is InChI=1S/C8H12S/c1-6-3-4-8(9)7(2)5-6/h5,8-9H,1,3-4H2,2H3. The first-order chi connectivity index (χ1) is 4.20.